The third-order valence-electron chi connectivity index (χ3n) is 8.00. The van der Waals surface area contributed by atoms with Crippen molar-refractivity contribution in [3.05, 3.63) is 105 Å². The minimum atomic E-state index is -0.788. The number of carbonyl (C=O) groups excluding carboxylic acids is 1. The van der Waals surface area contributed by atoms with Crippen molar-refractivity contribution < 1.29 is 23.6 Å². The molecule has 2 aromatic heterocycles. The summed E-state index contributed by atoms with van der Waals surface area (Å²) in [5.74, 6) is -0.796. The zero-order valence-corrected chi connectivity index (χ0v) is 22.3. The molecule has 12 heteroatoms. The number of amides is 1. The van der Waals surface area contributed by atoms with Crippen molar-refractivity contribution in [3.8, 4) is 22.9 Å². The summed E-state index contributed by atoms with van der Waals surface area (Å²) in [5.41, 5.74) is 0.696. The number of pyridine rings is 1. The number of morpholine rings is 1. The molecule has 2 aliphatic heterocycles. The third kappa shape index (κ3) is 3.66. The zero-order chi connectivity index (χ0) is 29.4. The molecule has 0 aliphatic carbocycles. The van der Waals surface area contributed by atoms with Crippen LogP contribution in [0.4, 0.5) is 10.1 Å². The number of nitrogens with zero attached hydrogens (tertiary/aromatic N) is 5. The maximum absolute atomic E-state index is 16.2. The number of nitro benzene ring substituents is 1. The van der Waals surface area contributed by atoms with E-state index in [1.165, 1.54) is 35.3 Å². The van der Waals surface area contributed by atoms with Gasteiger partial charge in [-0.15, -0.1) is 0 Å². The molecular formula is C31H20FN5O6. The number of hydrogen-bond acceptors (Lipinski definition) is 7. The van der Waals surface area contributed by atoms with Crippen LogP contribution in [0.5, 0.6) is 11.5 Å². The highest BCUT2D eigenvalue weighted by Crippen LogP contribution is 2.47. The number of nitro groups is 1. The summed E-state index contributed by atoms with van der Waals surface area (Å²) in [5, 5.41) is 13.0. The van der Waals surface area contributed by atoms with Crippen LogP contribution in [0.2, 0.25) is 0 Å². The fourth-order valence-corrected chi connectivity index (χ4v) is 5.97. The largest absolute Gasteiger partial charge is 0.451 e. The van der Waals surface area contributed by atoms with Crippen LogP contribution in [-0.4, -0.2) is 56.2 Å². The molecule has 43 heavy (non-hydrogen) atoms. The van der Waals surface area contributed by atoms with Crippen LogP contribution in [0.15, 0.2) is 78.0 Å². The van der Waals surface area contributed by atoms with E-state index in [1.807, 2.05) is 30.3 Å². The lowest BCUT2D eigenvalue weighted by atomic mass is 10.0. The first-order chi connectivity index (χ1) is 20.9. The molecule has 1 amide bonds. The van der Waals surface area contributed by atoms with E-state index in [0.717, 1.165) is 16.8 Å². The van der Waals surface area contributed by atoms with Crippen molar-refractivity contribution in [1.29, 1.82) is 0 Å². The van der Waals surface area contributed by atoms with Gasteiger partial charge in [0.15, 0.2) is 17.3 Å². The SMILES string of the molecule is O=C(c1cn2c3c(c(-n4cnc5cc([N+](=O)[O-])ccc54)c(F)cc3c1=O)Oc1ccc3ccccc3c1-2)N1CCOCC1. The highest BCUT2D eigenvalue weighted by Gasteiger charge is 2.32. The van der Waals surface area contributed by atoms with Crippen LogP contribution in [0.1, 0.15) is 10.4 Å². The predicted molar refractivity (Wildman–Crippen MR) is 155 cm³/mol. The summed E-state index contributed by atoms with van der Waals surface area (Å²) in [6, 6.07) is 16.5. The maximum atomic E-state index is 16.2. The van der Waals surface area contributed by atoms with E-state index in [-0.39, 0.29) is 39.1 Å². The van der Waals surface area contributed by atoms with E-state index in [1.54, 1.807) is 15.5 Å². The van der Waals surface area contributed by atoms with Gasteiger partial charge in [0.2, 0.25) is 5.43 Å². The Kier molecular flexibility index (Phi) is 5.37. The van der Waals surface area contributed by atoms with Gasteiger partial charge in [0.25, 0.3) is 11.6 Å². The molecule has 0 saturated carbocycles. The molecule has 1 fully saturated rings. The van der Waals surface area contributed by atoms with E-state index in [2.05, 4.69) is 4.98 Å². The van der Waals surface area contributed by atoms with Crippen LogP contribution in [-0.2, 0) is 4.74 Å². The number of carbonyl (C=O) groups is 1. The van der Waals surface area contributed by atoms with E-state index in [4.69, 9.17) is 9.47 Å². The quantitative estimate of drug-likeness (QED) is 0.211. The molecular weight excluding hydrogens is 557 g/mol. The van der Waals surface area contributed by atoms with Gasteiger partial charge in [-0.1, -0.05) is 30.3 Å². The Labute approximate surface area is 241 Å². The molecule has 1 saturated heterocycles. The molecule has 0 atom stereocenters. The summed E-state index contributed by atoms with van der Waals surface area (Å²) >= 11 is 0. The second-order valence-corrected chi connectivity index (χ2v) is 10.4. The van der Waals surface area contributed by atoms with Crippen LogP contribution >= 0.6 is 0 Å². The van der Waals surface area contributed by atoms with Gasteiger partial charge in [-0.25, -0.2) is 9.37 Å². The molecule has 2 aliphatic rings. The summed E-state index contributed by atoms with van der Waals surface area (Å²) in [6.45, 7) is 1.39. The molecule has 0 bridgehead atoms. The topological polar surface area (TPSA) is 122 Å². The first kappa shape index (κ1) is 25.1. The second-order valence-electron chi connectivity index (χ2n) is 10.4. The van der Waals surface area contributed by atoms with E-state index in [9.17, 15) is 19.7 Å². The number of benzene rings is 4. The lowest BCUT2D eigenvalue weighted by molar-refractivity contribution is -0.384. The number of hydrogen-bond donors (Lipinski definition) is 0. The Balaban J connectivity index is 1.45. The Hall–Kier alpha value is -5.62. The van der Waals surface area contributed by atoms with Crippen LogP contribution in [0, 0.1) is 15.9 Å². The van der Waals surface area contributed by atoms with Crippen molar-refractivity contribution in [2.45, 2.75) is 0 Å². The van der Waals surface area contributed by atoms with E-state index >= 15 is 4.39 Å². The van der Waals surface area contributed by atoms with Crippen molar-refractivity contribution in [3.63, 3.8) is 0 Å². The molecule has 4 heterocycles. The fraction of sp³-hybridized carbons (Fsp3) is 0.129. The van der Waals surface area contributed by atoms with Gasteiger partial charge >= 0.3 is 0 Å². The number of imidazole rings is 1. The highest BCUT2D eigenvalue weighted by atomic mass is 19.1. The van der Waals surface area contributed by atoms with Crippen LogP contribution in [0.3, 0.4) is 0 Å². The lowest BCUT2D eigenvalue weighted by Crippen LogP contribution is -2.42. The van der Waals surface area contributed by atoms with Gasteiger partial charge in [-0.05, 0) is 23.6 Å². The summed E-state index contributed by atoms with van der Waals surface area (Å²) in [7, 11) is 0. The summed E-state index contributed by atoms with van der Waals surface area (Å²) < 4.78 is 31.2. The zero-order valence-electron chi connectivity index (χ0n) is 22.3. The Morgan fingerprint density at radius 2 is 1.79 bits per heavy atom. The molecule has 0 N–H and O–H groups in total. The van der Waals surface area contributed by atoms with Gasteiger partial charge < -0.3 is 18.9 Å². The first-order valence-corrected chi connectivity index (χ1v) is 13.5. The Bertz CT molecular complexity index is 2250. The second kappa shape index (κ2) is 9.19. The van der Waals surface area contributed by atoms with Gasteiger partial charge in [0.1, 0.15) is 23.1 Å². The van der Waals surface area contributed by atoms with Crippen molar-refractivity contribution in [2.75, 3.05) is 26.3 Å². The monoisotopic (exact) mass is 577 g/mol. The summed E-state index contributed by atoms with van der Waals surface area (Å²) in [4.78, 5) is 44.2. The number of halogens is 1. The van der Waals surface area contributed by atoms with Gasteiger partial charge in [-0.2, -0.15) is 0 Å². The molecule has 4 aromatic carbocycles. The Morgan fingerprint density at radius 3 is 2.60 bits per heavy atom. The summed E-state index contributed by atoms with van der Waals surface area (Å²) in [6.07, 6.45) is 2.87. The number of fused-ring (bicyclic) bond motifs is 5. The van der Waals surface area contributed by atoms with E-state index < -0.39 is 22.1 Å². The van der Waals surface area contributed by atoms with Crippen molar-refractivity contribution >= 4 is 44.3 Å². The first-order valence-electron chi connectivity index (χ1n) is 13.5. The average molecular weight is 578 g/mol. The molecule has 0 spiro atoms. The van der Waals surface area contributed by atoms with Gasteiger partial charge in [0.05, 0.1) is 40.2 Å². The Morgan fingerprint density at radius 1 is 0.977 bits per heavy atom. The standard InChI is InChI=1S/C31H20FN5O6/c32-22-14-20-27-30(28(22)36-16-33-23-13-18(37(40)41)6-7-24(23)36)43-25-8-5-17-3-1-2-4-19(17)26(25)35(27)15-21(29(20)38)31(39)34-9-11-42-12-10-34/h1-8,13-16H,9-12H2. The van der Waals surface area contributed by atoms with Crippen molar-refractivity contribution in [1.82, 2.24) is 19.0 Å². The highest BCUT2D eigenvalue weighted by molar-refractivity contribution is 6.03. The number of rotatable bonds is 3. The number of ether oxygens (including phenoxy) is 2. The van der Waals surface area contributed by atoms with Gasteiger partial charge in [-0.3, -0.25) is 24.3 Å². The molecule has 8 rings (SSSR count). The van der Waals surface area contributed by atoms with Gasteiger partial charge in [0, 0.05) is 36.8 Å². The maximum Gasteiger partial charge on any atom is 0.271 e. The minimum absolute atomic E-state index is 0.0194. The van der Waals surface area contributed by atoms with Crippen LogP contribution in [0.25, 0.3) is 44.1 Å². The predicted octanol–water partition coefficient (Wildman–Crippen LogP) is 5.11. The number of aromatic nitrogens is 3. The fourth-order valence-electron chi connectivity index (χ4n) is 5.97. The normalized spacial score (nSPS) is 14.2. The van der Waals surface area contributed by atoms with E-state index in [0.29, 0.717) is 43.3 Å². The molecule has 11 nitrogen and oxygen atoms in total. The lowest BCUT2D eigenvalue weighted by Gasteiger charge is -2.29. The molecule has 0 unspecified atom stereocenters. The van der Waals surface area contributed by atoms with Crippen molar-refractivity contribution in [2.24, 2.45) is 0 Å². The average Bonchev–Trinajstić information content (AvgIpc) is 3.45. The smallest absolute Gasteiger partial charge is 0.271 e. The molecule has 0 radical (unpaired) electrons. The number of non-ortho nitro benzene ring substituents is 1. The third-order valence-corrected chi connectivity index (χ3v) is 8.00. The minimum Gasteiger partial charge on any atom is -0.451 e. The molecule has 212 valence electrons. The van der Waals surface area contributed by atoms with Crippen LogP contribution < -0.4 is 10.2 Å². The molecule has 6 aromatic rings.